The predicted molar refractivity (Wildman–Crippen MR) is 152 cm³/mol. The van der Waals surface area contributed by atoms with Gasteiger partial charge in [0.05, 0.1) is 10.7 Å². The first kappa shape index (κ1) is 30.5. The maximum atomic E-state index is 14.0. The van der Waals surface area contributed by atoms with Gasteiger partial charge in [0.15, 0.2) is 0 Å². The van der Waals surface area contributed by atoms with Crippen LogP contribution in [-0.2, 0) is 14.3 Å². The second kappa shape index (κ2) is 13.2. The lowest BCUT2D eigenvalue weighted by Gasteiger charge is -2.35. The molecule has 38 heavy (non-hydrogen) atoms. The molecule has 2 N–H and O–H groups in total. The Balaban J connectivity index is 2.61. The summed E-state index contributed by atoms with van der Waals surface area (Å²) in [6.07, 6.45) is 6.55. The lowest BCUT2D eigenvalue weighted by atomic mass is 9.95. The van der Waals surface area contributed by atoms with E-state index >= 15 is 0 Å². The number of nitrogens with zero attached hydrogens (tertiary/aromatic N) is 1. The van der Waals surface area contributed by atoms with E-state index in [0.29, 0.717) is 21.8 Å². The summed E-state index contributed by atoms with van der Waals surface area (Å²) in [6.45, 7) is 14.4. The Hall–Kier alpha value is -3.76. The second-order valence-corrected chi connectivity index (χ2v) is 10.6. The number of nitrogens with one attached hydrogen (secondary N) is 2. The van der Waals surface area contributed by atoms with Crippen molar-refractivity contribution in [1.82, 2.24) is 10.2 Å². The molecule has 0 saturated carbocycles. The molecule has 0 aliphatic rings. The molecular weight excluding hydrogens is 502 g/mol. The van der Waals surface area contributed by atoms with E-state index in [9.17, 15) is 14.4 Å². The number of ether oxygens (including phenoxy) is 1. The summed E-state index contributed by atoms with van der Waals surface area (Å²) in [5, 5.41) is 5.91. The minimum absolute atomic E-state index is 0.0105. The minimum atomic E-state index is -1.15. The number of anilines is 1. The Morgan fingerprint density at radius 1 is 1.16 bits per heavy atom. The highest BCUT2D eigenvalue weighted by molar-refractivity contribution is 6.34. The summed E-state index contributed by atoms with van der Waals surface area (Å²) in [7, 11) is 0. The zero-order valence-corrected chi connectivity index (χ0v) is 23.6. The van der Waals surface area contributed by atoms with E-state index in [1.807, 2.05) is 13.0 Å². The highest BCUT2D eigenvalue weighted by Crippen LogP contribution is 2.31. The van der Waals surface area contributed by atoms with Gasteiger partial charge in [-0.05, 0) is 56.9 Å². The van der Waals surface area contributed by atoms with Crippen molar-refractivity contribution < 1.29 is 19.1 Å². The van der Waals surface area contributed by atoms with Gasteiger partial charge in [0.2, 0.25) is 5.91 Å². The Morgan fingerprint density at radius 3 is 2.37 bits per heavy atom. The third-order valence-corrected chi connectivity index (χ3v) is 5.97. The first-order valence-electron chi connectivity index (χ1n) is 12.3. The van der Waals surface area contributed by atoms with Crippen molar-refractivity contribution in [2.45, 2.75) is 59.2 Å². The molecule has 0 aliphatic carbocycles. The number of rotatable bonds is 9. The number of carbonyl (C=O) groups is 3. The standard InChI is InChI=1S/C30H36ClN3O4/c1-9-18-34(28(36)24(19(3)4)33-29(37)38-30(6,7)8)26(22-16-12-11-15-21(22)10-2)27(35)32-25-20(5)14-13-17-23(25)31/h2,9,11-17,19,24,26H,1,18H2,3-8H3,(H,32,35)(H,33,37). The van der Waals surface area contributed by atoms with Gasteiger partial charge in [-0.2, -0.15) is 0 Å². The van der Waals surface area contributed by atoms with Crippen molar-refractivity contribution in [2.75, 3.05) is 11.9 Å². The highest BCUT2D eigenvalue weighted by atomic mass is 35.5. The van der Waals surface area contributed by atoms with Gasteiger partial charge >= 0.3 is 6.09 Å². The molecule has 0 spiro atoms. The van der Waals surface area contributed by atoms with Crippen LogP contribution in [0, 0.1) is 25.2 Å². The number of hydrogen-bond donors (Lipinski definition) is 2. The number of carbonyl (C=O) groups excluding carboxylic acids is 3. The summed E-state index contributed by atoms with van der Waals surface area (Å²) in [5.41, 5.74) is 1.33. The largest absolute Gasteiger partial charge is 0.444 e. The number of amides is 3. The summed E-state index contributed by atoms with van der Waals surface area (Å²) < 4.78 is 5.38. The molecule has 0 saturated heterocycles. The first-order valence-corrected chi connectivity index (χ1v) is 12.7. The number of para-hydroxylation sites is 1. The van der Waals surface area contributed by atoms with Crippen LogP contribution in [0.15, 0.2) is 55.1 Å². The summed E-state index contributed by atoms with van der Waals surface area (Å²) >= 11 is 6.38. The maximum absolute atomic E-state index is 14.0. The third-order valence-electron chi connectivity index (χ3n) is 5.65. The number of terminal acetylenes is 1. The van der Waals surface area contributed by atoms with Crippen molar-refractivity contribution in [1.29, 1.82) is 0 Å². The van der Waals surface area contributed by atoms with Crippen molar-refractivity contribution >= 4 is 35.2 Å². The predicted octanol–water partition coefficient (Wildman–Crippen LogP) is 5.87. The van der Waals surface area contributed by atoms with E-state index in [1.54, 1.807) is 71.0 Å². The number of halogens is 1. The average Bonchev–Trinajstić information content (AvgIpc) is 2.83. The fourth-order valence-electron chi connectivity index (χ4n) is 3.89. The Morgan fingerprint density at radius 2 is 1.82 bits per heavy atom. The first-order chi connectivity index (χ1) is 17.8. The van der Waals surface area contributed by atoms with Crippen LogP contribution in [0.25, 0.3) is 0 Å². The van der Waals surface area contributed by atoms with Crippen LogP contribution < -0.4 is 10.6 Å². The highest BCUT2D eigenvalue weighted by Gasteiger charge is 2.38. The molecule has 2 atom stereocenters. The van der Waals surface area contributed by atoms with Gasteiger partial charge in [-0.1, -0.05) is 67.8 Å². The van der Waals surface area contributed by atoms with Gasteiger partial charge in [0.25, 0.3) is 5.91 Å². The second-order valence-electron chi connectivity index (χ2n) is 10.2. The number of hydrogen-bond acceptors (Lipinski definition) is 4. The minimum Gasteiger partial charge on any atom is -0.444 e. The Labute approximate surface area is 230 Å². The molecule has 0 bridgehead atoms. The molecule has 0 radical (unpaired) electrons. The fraction of sp³-hybridized carbons (Fsp3) is 0.367. The number of alkyl carbamates (subject to hydrolysis) is 1. The third kappa shape index (κ3) is 7.87. The smallest absolute Gasteiger partial charge is 0.408 e. The zero-order valence-electron chi connectivity index (χ0n) is 22.8. The normalized spacial score (nSPS) is 12.6. The molecule has 8 heteroatoms. The van der Waals surface area contributed by atoms with Crippen LogP contribution in [0.5, 0.6) is 0 Å². The molecule has 2 aromatic rings. The van der Waals surface area contributed by atoms with E-state index in [4.69, 9.17) is 22.8 Å². The molecule has 202 valence electrons. The quantitative estimate of drug-likeness (QED) is 0.309. The molecule has 0 aromatic heterocycles. The molecule has 0 fully saturated rings. The summed E-state index contributed by atoms with van der Waals surface area (Å²) in [6, 6.07) is 10.0. The van der Waals surface area contributed by atoms with Gasteiger partial charge < -0.3 is 20.3 Å². The van der Waals surface area contributed by atoms with E-state index in [1.165, 1.54) is 11.0 Å². The maximum Gasteiger partial charge on any atom is 0.408 e. The van der Waals surface area contributed by atoms with Crippen molar-refractivity contribution in [3.63, 3.8) is 0 Å². The molecule has 0 heterocycles. The zero-order chi connectivity index (χ0) is 28.6. The van der Waals surface area contributed by atoms with E-state index in [0.717, 1.165) is 5.56 Å². The molecule has 2 unspecified atom stereocenters. The molecule has 7 nitrogen and oxygen atoms in total. The lowest BCUT2D eigenvalue weighted by Crippen LogP contribution is -2.54. The van der Waals surface area contributed by atoms with Gasteiger partial charge in [-0.15, -0.1) is 13.0 Å². The molecule has 2 aromatic carbocycles. The lowest BCUT2D eigenvalue weighted by molar-refractivity contribution is -0.141. The van der Waals surface area contributed by atoms with Crippen LogP contribution in [0.2, 0.25) is 5.02 Å². The van der Waals surface area contributed by atoms with Crippen LogP contribution in [0.3, 0.4) is 0 Å². The van der Waals surface area contributed by atoms with Crippen molar-refractivity contribution in [3.8, 4) is 12.3 Å². The van der Waals surface area contributed by atoms with Gasteiger partial charge in [0.1, 0.15) is 17.7 Å². The van der Waals surface area contributed by atoms with Crippen LogP contribution >= 0.6 is 11.6 Å². The fourth-order valence-corrected chi connectivity index (χ4v) is 4.16. The van der Waals surface area contributed by atoms with Crippen molar-refractivity contribution in [3.05, 3.63) is 76.8 Å². The molecule has 3 amide bonds. The average molecular weight is 538 g/mol. The van der Waals surface area contributed by atoms with Crippen molar-refractivity contribution in [2.24, 2.45) is 5.92 Å². The monoisotopic (exact) mass is 537 g/mol. The van der Waals surface area contributed by atoms with Gasteiger partial charge in [-0.3, -0.25) is 9.59 Å². The molecular formula is C30H36ClN3O4. The SMILES string of the molecule is C#Cc1ccccc1C(C(=O)Nc1c(C)cccc1Cl)N(CC=C)C(=O)C(NC(=O)OC(C)(C)C)C(C)C. The van der Waals surface area contributed by atoms with Gasteiger partial charge in [-0.25, -0.2) is 4.79 Å². The van der Waals surface area contributed by atoms with Crippen LogP contribution in [0.4, 0.5) is 10.5 Å². The number of benzene rings is 2. The summed E-state index contributed by atoms with van der Waals surface area (Å²) in [4.78, 5) is 41.9. The molecule has 2 rings (SSSR count). The van der Waals surface area contributed by atoms with E-state index in [-0.39, 0.29) is 12.5 Å². The van der Waals surface area contributed by atoms with Crippen LogP contribution in [-0.4, -0.2) is 41.0 Å². The van der Waals surface area contributed by atoms with Crippen LogP contribution in [0.1, 0.15) is 57.4 Å². The Kier molecular flexibility index (Phi) is 10.5. The van der Waals surface area contributed by atoms with E-state index in [2.05, 4.69) is 23.1 Å². The molecule has 0 aliphatic heterocycles. The van der Waals surface area contributed by atoms with Gasteiger partial charge in [0, 0.05) is 12.1 Å². The Bertz CT molecular complexity index is 1210. The van der Waals surface area contributed by atoms with E-state index < -0.39 is 35.6 Å². The number of aryl methyl sites for hydroxylation is 1. The summed E-state index contributed by atoms with van der Waals surface area (Å²) in [5.74, 6) is 1.28. The topological polar surface area (TPSA) is 87.7 Å².